The fraction of sp³-hybridized carbons (Fsp3) is 0.565. The molecule has 1 aliphatic heterocycles. The van der Waals surface area contributed by atoms with E-state index in [9.17, 15) is 9.59 Å². The quantitative estimate of drug-likeness (QED) is 0.748. The van der Waals surface area contributed by atoms with Crippen molar-refractivity contribution >= 4 is 17.6 Å². The lowest BCUT2D eigenvalue weighted by Gasteiger charge is -2.37. The van der Waals surface area contributed by atoms with Crippen molar-refractivity contribution < 1.29 is 23.8 Å². The summed E-state index contributed by atoms with van der Waals surface area (Å²) < 4.78 is 16.3. The zero-order chi connectivity index (χ0) is 21.2. The van der Waals surface area contributed by atoms with Gasteiger partial charge in [0.05, 0.1) is 23.8 Å². The molecule has 158 valence electrons. The van der Waals surface area contributed by atoms with Crippen molar-refractivity contribution in [3.63, 3.8) is 0 Å². The van der Waals surface area contributed by atoms with Gasteiger partial charge in [-0.2, -0.15) is 0 Å². The largest absolute Gasteiger partial charge is 0.513 e. The molecule has 1 N–H and O–H groups in total. The van der Waals surface area contributed by atoms with Crippen LogP contribution in [0, 0.1) is 13.8 Å². The molecule has 0 unspecified atom stereocenters. The van der Waals surface area contributed by atoms with E-state index in [1.807, 2.05) is 13.8 Å². The minimum Gasteiger partial charge on any atom is -0.434 e. The highest BCUT2D eigenvalue weighted by atomic mass is 16.7. The average molecular weight is 402 g/mol. The Morgan fingerprint density at radius 1 is 1.21 bits per heavy atom. The first-order valence-electron chi connectivity index (χ1n) is 10.4. The predicted octanol–water partition coefficient (Wildman–Crippen LogP) is 4.21. The molecule has 0 bridgehead atoms. The maximum absolute atomic E-state index is 13.2. The molecule has 1 aromatic rings. The van der Waals surface area contributed by atoms with Crippen LogP contribution in [0.3, 0.4) is 0 Å². The van der Waals surface area contributed by atoms with Crippen LogP contribution in [0.4, 0.5) is 4.79 Å². The summed E-state index contributed by atoms with van der Waals surface area (Å²) in [4.78, 5) is 25.5. The highest BCUT2D eigenvalue weighted by molar-refractivity contribution is 6.24. The smallest absolute Gasteiger partial charge is 0.434 e. The molecule has 1 spiro atoms. The number of hydrogen-bond acceptors (Lipinski definition) is 5. The molecule has 0 saturated heterocycles. The Labute approximate surface area is 172 Å². The molecule has 1 aliphatic carbocycles. The number of carbonyl (C=O) groups is 2. The van der Waals surface area contributed by atoms with Crippen LogP contribution < -0.4 is 5.32 Å². The molecule has 0 radical (unpaired) electrons. The standard InChI is InChI=1S/C23H31NO5/c1-6-16-13-14(3)12-15(4)18(16)19-20(29-22(26)28-7-2)23(24-21(19)25)10-8-17(27-5)9-11-23/h12-13,17H,6-11H2,1-5H3,(H,24,25). The summed E-state index contributed by atoms with van der Waals surface area (Å²) in [6.45, 7) is 8.05. The van der Waals surface area contributed by atoms with Crippen molar-refractivity contribution in [1.82, 2.24) is 5.32 Å². The summed E-state index contributed by atoms with van der Waals surface area (Å²) in [5, 5.41) is 3.15. The van der Waals surface area contributed by atoms with Gasteiger partial charge in [0.25, 0.3) is 5.91 Å². The van der Waals surface area contributed by atoms with Crippen molar-refractivity contribution in [3.05, 3.63) is 40.1 Å². The van der Waals surface area contributed by atoms with E-state index in [-0.39, 0.29) is 18.6 Å². The van der Waals surface area contributed by atoms with Crippen molar-refractivity contribution in [2.24, 2.45) is 0 Å². The van der Waals surface area contributed by atoms with E-state index in [0.717, 1.165) is 41.5 Å². The molecular formula is C23H31NO5. The molecule has 1 heterocycles. The zero-order valence-corrected chi connectivity index (χ0v) is 18.0. The van der Waals surface area contributed by atoms with Gasteiger partial charge in [-0.15, -0.1) is 0 Å². The Kier molecular flexibility index (Phi) is 6.32. The number of hydrogen-bond donors (Lipinski definition) is 1. The van der Waals surface area contributed by atoms with Crippen molar-refractivity contribution in [3.8, 4) is 0 Å². The summed E-state index contributed by atoms with van der Waals surface area (Å²) in [5.74, 6) is 0.207. The minimum absolute atomic E-state index is 0.151. The summed E-state index contributed by atoms with van der Waals surface area (Å²) in [6, 6.07) is 4.15. The second-order valence-electron chi connectivity index (χ2n) is 7.93. The molecule has 0 aromatic heterocycles. The Balaban J connectivity index is 2.15. The molecule has 3 rings (SSSR count). The van der Waals surface area contributed by atoms with Gasteiger partial charge in [-0.25, -0.2) is 4.79 Å². The monoisotopic (exact) mass is 401 g/mol. The molecule has 1 aromatic carbocycles. The van der Waals surface area contributed by atoms with Crippen molar-refractivity contribution in [1.29, 1.82) is 0 Å². The lowest BCUT2D eigenvalue weighted by molar-refractivity contribution is -0.116. The number of aryl methyl sites for hydroxylation is 3. The number of methoxy groups -OCH3 is 1. The van der Waals surface area contributed by atoms with Gasteiger partial charge in [-0.3, -0.25) is 4.79 Å². The maximum atomic E-state index is 13.2. The van der Waals surface area contributed by atoms with Gasteiger partial charge in [0.15, 0.2) is 0 Å². The Morgan fingerprint density at radius 2 is 1.90 bits per heavy atom. The summed E-state index contributed by atoms with van der Waals surface area (Å²) >= 11 is 0. The van der Waals surface area contributed by atoms with Gasteiger partial charge in [-0.05, 0) is 69.6 Å². The van der Waals surface area contributed by atoms with Crippen LogP contribution in [0.15, 0.2) is 17.9 Å². The second-order valence-corrected chi connectivity index (χ2v) is 7.93. The predicted molar refractivity (Wildman–Crippen MR) is 110 cm³/mol. The van der Waals surface area contributed by atoms with E-state index in [4.69, 9.17) is 14.2 Å². The third-order valence-electron chi connectivity index (χ3n) is 6.00. The van der Waals surface area contributed by atoms with Gasteiger partial charge in [0, 0.05) is 7.11 Å². The van der Waals surface area contributed by atoms with Crippen molar-refractivity contribution in [2.45, 2.75) is 71.4 Å². The molecule has 1 fully saturated rings. The van der Waals surface area contributed by atoms with Crippen LogP contribution in [0.2, 0.25) is 0 Å². The summed E-state index contributed by atoms with van der Waals surface area (Å²) in [5.41, 5.74) is 3.84. The van der Waals surface area contributed by atoms with E-state index < -0.39 is 11.7 Å². The summed E-state index contributed by atoms with van der Waals surface area (Å²) in [6.07, 6.45) is 3.04. The van der Waals surface area contributed by atoms with E-state index >= 15 is 0 Å². The van der Waals surface area contributed by atoms with E-state index in [1.54, 1.807) is 14.0 Å². The first-order chi connectivity index (χ1) is 13.8. The molecule has 0 atom stereocenters. The lowest BCUT2D eigenvalue weighted by Crippen LogP contribution is -2.49. The molecule has 29 heavy (non-hydrogen) atoms. The van der Waals surface area contributed by atoms with Crippen LogP contribution >= 0.6 is 0 Å². The number of carbonyl (C=O) groups excluding carboxylic acids is 2. The topological polar surface area (TPSA) is 73.9 Å². The number of benzene rings is 1. The van der Waals surface area contributed by atoms with Gasteiger partial charge in [0.2, 0.25) is 0 Å². The van der Waals surface area contributed by atoms with Crippen LogP contribution in [0.25, 0.3) is 5.57 Å². The Morgan fingerprint density at radius 3 is 2.48 bits per heavy atom. The first kappa shape index (κ1) is 21.4. The SMILES string of the molecule is CCOC(=O)OC1=C(c2c(C)cc(C)cc2CC)C(=O)NC12CCC(OC)CC2. The number of rotatable bonds is 5. The molecule has 1 saturated carbocycles. The fourth-order valence-corrected chi connectivity index (χ4v) is 4.65. The van der Waals surface area contributed by atoms with Crippen LogP contribution in [0.1, 0.15) is 61.8 Å². The number of nitrogens with one attached hydrogen (secondary N) is 1. The number of amides is 1. The van der Waals surface area contributed by atoms with E-state index in [0.29, 0.717) is 24.2 Å². The normalized spacial score (nSPS) is 24.0. The summed E-state index contributed by atoms with van der Waals surface area (Å²) in [7, 11) is 1.70. The number of ether oxygens (including phenoxy) is 3. The second kappa shape index (κ2) is 8.57. The third-order valence-corrected chi connectivity index (χ3v) is 6.00. The molecule has 6 heteroatoms. The van der Waals surface area contributed by atoms with E-state index in [1.165, 1.54) is 0 Å². The average Bonchev–Trinajstić information content (AvgIpc) is 2.93. The third kappa shape index (κ3) is 4.04. The molecular weight excluding hydrogens is 370 g/mol. The molecule has 1 amide bonds. The molecule has 6 nitrogen and oxygen atoms in total. The minimum atomic E-state index is -0.771. The maximum Gasteiger partial charge on any atom is 0.513 e. The van der Waals surface area contributed by atoms with Gasteiger partial charge >= 0.3 is 6.16 Å². The highest BCUT2D eigenvalue weighted by Crippen LogP contribution is 2.45. The highest BCUT2D eigenvalue weighted by Gasteiger charge is 2.50. The first-order valence-corrected chi connectivity index (χ1v) is 10.4. The van der Waals surface area contributed by atoms with Gasteiger partial charge < -0.3 is 19.5 Å². The Bertz CT molecular complexity index is 834. The fourth-order valence-electron chi connectivity index (χ4n) is 4.65. The molecule has 2 aliphatic rings. The Hall–Kier alpha value is -2.34. The van der Waals surface area contributed by atoms with Gasteiger partial charge in [0.1, 0.15) is 5.76 Å². The van der Waals surface area contributed by atoms with Crippen LogP contribution in [-0.4, -0.2) is 37.4 Å². The lowest BCUT2D eigenvalue weighted by atomic mass is 9.78. The van der Waals surface area contributed by atoms with E-state index in [2.05, 4.69) is 24.4 Å². The van der Waals surface area contributed by atoms with Crippen molar-refractivity contribution in [2.75, 3.05) is 13.7 Å². The van der Waals surface area contributed by atoms with Gasteiger partial charge in [-0.1, -0.05) is 24.6 Å². The zero-order valence-electron chi connectivity index (χ0n) is 18.0. The van der Waals surface area contributed by atoms with Crippen LogP contribution in [-0.2, 0) is 25.4 Å². The van der Waals surface area contributed by atoms with Crippen LogP contribution in [0.5, 0.6) is 0 Å².